The number of nitrogens with one attached hydrogen (secondary N) is 1. The molecule has 8 nitrogen and oxygen atoms in total. The number of allylic oxidation sites excluding steroid dienone is 1. The summed E-state index contributed by atoms with van der Waals surface area (Å²) in [6.07, 6.45) is 77.9. The van der Waals surface area contributed by atoms with Crippen LogP contribution in [0.1, 0.15) is 373 Å². The lowest BCUT2D eigenvalue weighted by atomic mass is 10.0. The number of aliphatic hydroxyl groups is 1. The monoisotopic (exact) mass is 1120 g/mol. The molecule has 0 saturated carbocycles. The number of aliphatic hydroxyl groups excluding tert-OH is 1. The van der Waals surface area contributed by atoms with Crippen LogP contribution in [0.3, 0.4) is 0 Å². The van der Waals surface area contributed by atoms with E-state index >= 15 is 0 Å². The first-order valence-electron chi connectivity index (χ1n) is 35.1. The first-order chi connectivity index (χ1) is 38.0. The number of amides is 1. The molecule has 466 valence electrons. The standard InChI is InChI=1S/C69H139N2O6P/c1-6-8-10-12-14-16-18-20-22-23-24-25-26-27-28-29-30-31-32-33-34-35-36-37-38-39-40-41-42-43-44-45-46-47-49-51-53-55-57-59-61-63-69(73)70-67(66-77-78(74,75)76-65-64-71(3,4)5)68(72)62-60-58-56-54-52-50-48-21-19-17-15-13-11-9-7-2/h60,62,67-68,72H,6-59,61,63-66H2,1-5H3,(H-,70,73,74,75)/b62-60+. The van der Waals surface area contributed by atoms with E-state index in [2.05, 4.69) is 19.2 Å². The number of rotatable bonds is 66. The van der Waals surface area contributed by atoms with Gasteiger partial charge in [-0.25, -0.2) is 0 Å². The van der Waals surface area contributed by atoms with Gasteiger partial charge in [0.25, 0.3) is 7.82 Å². The lowest BCUT2D eigenvalue weighted by Crippen LogP contribution is -2.45. The Balaban J connectivity index is 3.81. The molecule has 0 radical (unpaired) electrons. The zero-order valence-corrected chi connectivity index (χ0v) is 54.3. The van der Waals surface area contributed by atoms with Gasteiger partial charge in [-0.2, -0.15) is 0 Å². The third-order valence-electron chi connectivity index (χ3n) is 16.5. The number of carbonyl (C=O) groups is 1. The fraction of sp³-hybridized carbons (Fsp3) is 0.957. The SMILES string of the molecule is CCCCCCCCCCCCCCC/C=C/C(O)C(COP(=O)([O-])OCC[N+](C)(C)C)NC(=O)CCCCCCCCCCCCCCCCCCCCCCCCCCCCCCCCCCCCCCCCCCC. The summed E-state index contributed by atoms with van der Waals surface area (Å²) in [5, 5.41) is 13.9. The molecule has 0 aliphatic carbocycles. The Bertz CT molecular complexity index is 1280. The van der Waals surface area contributed by atoms with Gasteiger partial charge in [-0.05, 0) is 19.3 Å². The summed E-state index contributed by atoms with van der Waals surface area (Å²) >= 11 is 0. The Kier molecular flexibility index (Phi) is 60.2. The summed E-state index contributed by atoms with van der Waals surface area (Å²) in [7, 11) is 1.28. The molecule has 0 bridgehead atoms. The van der Waals surface area contributed by atoms with Crippen LogP contribution >= 0.6 is 7.82 Å². The van der Waals surface area contributed by atoms with Crippen LogP contribution in [-0.4, -0.2) is 68.5 Å². The minimum absolute atomic E-state index is 0.00267. The number of nitrogens with zero attached hydrogens (tertiary/aromatic N) is 1. The highest BCUT2D eigenvalue weighted by atomic mass is 31.2. The van der Waals surface area contributed by atoms with Crippen molar-refractivity contribution in [2.45, 2.75) is 386 Å². The van der Waals surface area contributed by atoms with Crippen molar-refractivity contribution < 1.29 is 32.9 Å². The van der Waals surface area contributed by atoms with Gasteiger partial charge in [-0.15, -0.1) is 0 Å². The number of carbonyl (C=O) groups excluding carboxylic acids is 1. The molecule has 2 N–H and O–H groups in total. The second-order valence-electron chi connectivity index (χ2n) is 25.6. The average Bonchev–Trinajstić information content (AvgIpc) is 3.41. The van der Waals surface area contributed by atoms with Crippen molar-refractivity contribution in [1.29, 1.82) is 0 Å². The molecule has 0 saturated heterocycles. The molecule has 9 heteroatoms. The zero-order chi connectivity index (χ0) is 57.0. The van der Waals surface area contributed by atoms with Crippen molar-refractivity contribution in [3.8, 4) is 0 Å². The quantitative estimate of drug-likeness (QED) is 0.0272. The summed E-state index contributed by atoms with van der Waals surface area (Å²) in [4.78, 5) is 25.5. The van der Waals surface area contributed by atoms with E-state index in [4.69, 9.17) is 9.05 Å². The van der Waals surface area contributed by atoms with Gasteiger partial charge < -0.3 is 28.8 Å². The Morgan fingerprint density at radius 2 is 0.692 bits per heavy atom. The molecule has 0 heterocycles. The van der Waals surface area contributed by atoms with Gasteiger partial charge >= 0.3 is 0 Å². The lowest BCUT2D eigenvalue weighted by Gasteiger charge is -2.29. The van der Waals surface area contributed by atoms with Crippen LogP contribution in [0.5, 0.6) is 0 Å². The predicted octanol–water partition coefficient (Wildman–Crippen LogP) is 21.5. The molecule has 0 aromatic heterocycles. The van der Waals surface area contributed by atoms with Gasteiger partial charge in [-0.3, -0.25) is 9.36 Å². The van der Waals surface area contributed by atoms with Crippen molar-refractivity contribution in [2.24, 2.45) is 0 Å². The topological polar surface area (TPSA) is 108 Å². The van der Waals surface area contributed by atoms with Gasteiger partial charge in [0.2, 0.25) is 5.91 Å². The van der Waals surface area contributed by atoms with Crippen molar-refractivity contribution in [3.05, 3.63) is 12.2 Å². The largest absolute Gasteiger partial charge is 0.756 e. The highest BCUT2D eigenvalue weighted by molar-refractivity contribution is 7.45. The first-order valence-corrected chi connectivity index (χ1v) is 36.5. The van der Waals surface area contributed by atoms with E-state index in [1.54, 1.807) is 6.08 Å². The molecule has 3 atom stereocenters. The Labute approximate surface area is 488 Å². The van der Waals surface area contributed by atoms with Crippen molar-refractivity contribution in [3.63, 3.8) is 0 Å². The highest BCUT2D eigenvalue weighted by Gasteiger charge is 2.23. The number of hydrogen-bond donors (Lipinski definition) is 2. The second kappa shape index (κ2) is 60.8. The fourth-order valence-electron chi connectivity index (χ4n) is 11.0. The molecule has 0 aromatic carbocycles. The molecule has 0 aliphatic heterocycles. The van der Waals surface area contributed by atoms with E-state index in [0.29, 0.717) is 17.4 Å². The lowest BCUT2D eigenvalue weighted by molar-refractivity contribution is -0.870. The smallest absolute Gasteiger partial charge is 0.268 e. The average molecular weight is 1120 g/mol. The van der Waals surface area contributed by atoms with Crippen molar-refractivity contribution in [2.75, 3.05) is 40.9 Å². The van der Waals surface area contributed by atoms with Gasteiger partial charge in [0.1, 0.15) is 13.2 Å². The minimum atomic E-state index is -4.59. The van der Waals surface area contributed by atoms with Crippen LogP contribution in [0.4, 0.5) is 0 Å². The molecule has 0 rings (SSSR count). The van der Waals surface area contributed by atoms with E-state index in [1.165, 1.54) is 315 Å². The zero-order valence-electron chi connectivity index (χ0n) is 53.4. The van der Waals surface area contributed by atoms with E-state index in [0.717, 1.165) is 38.5 Å². The molecule has 78 heavy (non-hydrogen) atoms. The van der Waals surface area contributed by atoms with Crippen LogP contribution in [0.2, 0.25) is 0 Å². The molecule has 0 spiro atoms. The molecule has 1 amide bonds. The van der Waals surface area contributed by atoms with E-state index in [9.17, 15) is 19.4 Å². The summed E-state index contributed by atoms with van der Waals surface area (Å²) in [6.45, 7) is 4.70. The third kappa shape index (κ3) is 62.8. The number of phosphoric ester groups is 1. The molecule has 0 fully saturated rings. The predicted molar refractivity (Wildman–Crippen MR) is 339 cm³/mol. The van der Waals surface area contributed by atoms with Crippen LogP contribution in [0.25, 0.3) is 0 Å². The number of unbranched alkanes of at least 4 members (excludes halogenated alkanes) is 53. The number of hydrogen-bond acceptors (Lipinski definition) is 6. The maximum absolute atomic E-state index is 13.0. The van der Waals surface area contributed by atoms with Gasteiger partial charge in [0.05, 0.1) is 39.9 Å². The fourth-order valence-corrected chi connectivity index (χ4v) is 11.8. The van der Waals surface area contributed by atoms with Crippen LogP contribution in [0, 0.1) is 0 Å². The Morgan fingerprint density at radius 3 is 0.962 bits per heavy atom. The van der Waals surface area contributed by atoms with Gasteiger partial charge in [0.15, 0.2) is 0 Å². The Hall–Kier alpha value is -0.760. The third-order valence-corrected chi connectivity index (χ3v) is 17.5. The maximum Gasteiger partial charge on any atom is 0.268 e. The molecular weight excluding hydrogens is 984 g/mol. The van der Waals surface area contributed by atoms with Crippen LogP contribution < -0.4 is 10.2 Å². The molecule has 3 unspecified atom stereocenters. The van der Waals surface area contributed by atoms with Crippen molar-refractivity contribution >= 4 is 13.7 Å². The van der Waals surface area contributed by atoms with E-state index in [1.807, 2.05) is 27.2 Å². The summed E-state index contributed by atoms with van der Waals surface area (Å²) < 4.78 is 23.4. The summed E-state index contributed by atoms with van der Waals surface area (Å²) in [5.74, 6) is -0.189. The Morgan fingerprint density at radius 1 is 0.436 bits per heavy atom. The van der Waals surface area contributed by atoms with E-state index < -0.39 is 20.0 Å². The summed E-state index contributed by atoms with van der Waals surface area (Å²) in [6, 6.07) is -0.882. The van der Waals surface area contributed by atoms with Crippen molar-refractivity contribution in [1.82, 2.24) is 5.32 Å². The number of phosphoric acid groups is 1. The first kappa shape index (κ1) is 77.2. The molecule has 0 aliphatic rings. The van der Waals surface area contributed by atoms with Crippen LogP contribution in [0.15, 0.2) is 12.2 Å². The minimum Gasteiger partial charge on any atom is -0.756 e. The van der Waals surface area contributed by atoms with Crippen LogP contribution in [-0.2, 0) is 18.4 Å². The maximum atomic E-state index is 13.0. The normalized spacial score (nSPS) is 13.7. The van der Waals surface area contributed by atoms with E-state index in [-0.39, 0.29) is 19.1 Å². The van der Waals surface area contributed by atoms with Gasteiger partial charge in [-0.1, -0.05) is 360 Å². The molecule has 0 aromatic rings. The van der Waals surface area contributed by atoms with Gasteiger partial charge in [0, 0.05) is 6.42 Å². The molecular formula is C69H139N2O6P. The number of quaternary nitrogens is 1. The highest BCUT2D eigenvalue weighted by Crippen LogP contribution is 2.38. The summed E-state index contributed by atoms with van der Waals surface area (Å²) in [5.41, 5.74) is 0. The number of likely N-dealkylation sites (N-methyl/N-ethyl adjacent to an activating group) is 1. The second-order valence-corrected chi connectivity index (χ2v) is 27.0.